The van der Waals surface area contributed by atoms with E-state index in [1.165, 1.54) is 24.2 Å². The van der Waals surface area contributed by atoms with Crippen molar-refractivity contribution in [2.24, 2.45) is 5.73 Å². The van der Waals surface area contributed by atoms with Crippen LogP contribution in [0.1, 0.15) is 18.4 Å². The van der Waals surface area contributed by atoms with Crippen molar-refractivity contribution in [2.75, 3.05) is 18.1 Å². The molecule has 92 valence electrons. The SMILES string of the molecule is NC/C=C/c1ccc(OC2CCCSC2)cc1. The minimum absolute atomic E-state index is 0.388. The van der Waals surface area contributed by atoms with Crippen LogP contribution in [-0.2, 0) is 0 Å². The van der Waals surface area contributed by atoms with Gasteiger partial charge in [0, 0.05) is 12.3 Å². The fourth-order valence-corrected chi connectivity index (χ4v) is 2.89. The van der Waals surface area contributed by atoms with Crippen LogP contribution in [0.2, 0.25) is 0 Å². The molecule has 1 unspecified atom stereocenters. The van der Waals surface area contributed by atoms with Crippen molar-refractivity contribution in [1.29, 1.82) is 0 Å². The number of ether oxygens (including phenoxy) is 1. The Morgan fingerprint density at radius 2 is 2.18 bits per heavy atom. The third-order valence-corrected chi connectivity index (χ3v) is 3.93. The summed E-state index contributed by atoms with van der Waals surface area (Å²) in [5.41, 5.74) is 6.58. The highest BCUT2D eigenvalue weighted by Crippen LogP contribution is 2.22. The highest BCUT2D eigenvalue weighted by atomic mass is 32.2. The van der Waals surface area contributed by atoms with Crippen molar-refractivity contribution < 1.29 is 4.74 Å². The van der Waals surface area contributed by atoms with Crippen LogP contribution in [-0.4, -0.2) is 24.2 Å². The van der Waals surface area contributed by atoms with E-state index >= 15 is 0 Å². The standard InChI is InChI=1S/C14H19NOS/c15-9-1-3-12-5-7-13(8-6-12)16-14-4-2-10-17-11-14/h1,3,5-8,14H,2,4,9-11,15H2/b3-1+. The van der Waals surface area contributed by atoms with Gasteiger partial charge in [0.1, 0.15) is 11.9 Å². The topological polar surface area (TPSA) is 35.2 Å². The fourth-order valence-electron chi connectivity index (χ4n) is 1.86. The van der Waals surface area contributed by atoms with Crippen molar-refractivity contribution in [3.05, 3.63) is 35.9 Å². The molecule has 0 radical (unpaired) electrons. The van der Waals surface area contributed by atoms with E-state index in [4.69, 9.17) is 10.5 Å². The zero-order valence-electron chi connectivity index (χ0n) is 9.97. The molecule has 0 spiro atoms. The Morgan fingerprint density at radius 1 is 1.35 bits per heavy atom. The molecule has 17 heavy (non-hydrogen) atoms. The fraction of sp³-hybridized carbons (Fsp3) is 0.429. The number of hydrogen-bond donors (Lipinski definition) is 1. The van der Waals surface area contributed by atoms with Crippen LogP contribution in [0.5, 0.6) is 5.75 Å². The van der Waals surface area contributed by atoms with Gasteiger partial charge in [-0.25, -0.2) is 0 Å². The molecule has 2 rings (SSSR count). The highest BCUT2D eigenvalue weighted by molar-refractivity contribution is 7.99. The first-order valence-electron chi connectivity index (χ1n) is 6.09. The molecule has 0 amide bonds. The summed E-state index contributed by atoms with van der Waals surface area (Å²) in [5, 5.41) is 0. The monoisotopic (exact) mass is 249 g/mol. The first-order chi connectivity index (χ1) is 8.38. The van der Waals surface area contributed by atoms with Crippen molar-refractivity contribution in [1.82, 2.24) is 0 Å². The number of rotatable bonds is 4. The van der Waals surface area contributed by atoms with Crippen LogP contribution in [0.15, 0.2) is 30.3 Å². The summed E-state index contributed by atoms with van der Waals surface area (Å²) in [6.45, 7) is 0.581. The van der Waals surface area contributed by atoms with Crippen LogP contribution in [0.4, 0.5) is 0 Å². The lowest BCUT2D eigenvalue weighted by Crippen LogP contribution is -2.23. The minimum Gasteiger partial charge on any atom is -0.490 e. The maximum Gasteiger partial charge on any atom is 0.119 e. The van der Waals surface area contributed by atoms with E-state index in [9.17, 15) is 0 Å². The summed E-state index contributed by atoms with van der Waals surface area (Å²) < 4.78 is 5.95. The lowest BCUT2D eigenvalue weighted by Gasteiger charge is -2.22. The molecule has 1 atom stereocenters. The molecule has 1 aromatic carbocycles. The van der Waals surface area contributed by atoms with Gasteiger partial charge in [0.25, 0.3) is 0 Å². The average Bonchev–Trinajstić information content (AvgIpc) is 2.39. The Hall–Kier alpha value is -0.930. The molecule has 2 N–H and O–H groups in total. The summed E-state index contributed by atoms with van der Waals surface area (Å²) in [6.07, 6.45) is 6.82. The number of nitrogens with two attached hydrogens (primary N) is 1. The van der Waals surface area contributed by atoms with Gasteiger partial charge in [0.2, 0.25) is 0 Å². The van der Waals surface area contributed by atoms with Crippen LogP contribution < -0.4 is 10.5 Å². The summed E-state index contributed by atoms with van der Waals surface area (Å²) in [5.74, 6) is 3.37. The molecule has 0 aliphatic carbocycles. The smallest absolute Gasteiger partial charge is 0.119 e. The molecule has 1 heterocycles. The third-order valence-electron chi connectivity index (χ3n) is 2.75. The van der Waals surface area contributed by atoms with Gasteiger partial charge in [-0.3, -0.25) is 0 Å². The molecule has 1 aromatic rings. The first-order valence-corrected chi connectivity index (χ1v) is 7.25. The Bertz CT molecular complexity index is 355. The van der Waals surface area contributed by atoms with Crippen LogP contribution in [0.3, 0.4) is 0 Å². The predicted molar refractivity (Wildman–Crippen MR) is 75.5 cm³/mol. The quantitative estimate of drug-likeness (QED) is 0.891. The minimum atomic E-state index is 0.388. The van der Waals surface area contributed by atoms with Crippen molar-refractivity contribution in [3.63, 3.8) is 0 Å². The zero-order chi connectivity index (χ0) is 11.9. The number of benzene rings is 1. The van der Waals surface area contributed by atoms with Gasteiger partial charge in [0.05, 0.1) is 0 Å². The maximum atomic E-state index is 5.95. The third kappa shape index (κ3) is 4.10. The van der Waals surface area contributed by atoms with Gasteiger partial charge in [-0.1, -0.05) is 24.3 Å². The van der Waals surface area contributed by atoms with Crippen LogP contribution in [0, 0.1) is 0 Å². The van der Waals surface area contributed by atoms with Gasteiger partial charge < -0.3 is 10.5 Å². The van der Waals surface area contributed by atoms with E-state index in [1.54, 1.807) is 0 Å². The van der Waals surface area contributed by atoms with E-state index in [1.807, 2.05) is 36.0 Å². The molecule has 3 heteroatoms. The summed E-state index contributed by atoms with van der Waals surface area (Å²) in [4.78, 5) is 0. The van der Waals surface area contributed by atoms with Gasteiger partial charge >= 0.3 is 0 Å². The zero-order valence-corrected chi connectivity index (χ0v) is 10.8. The second kappa shape index (κ2) is 6.72. The van der Waals surface area contributed by atoms with E-state index in [0.717, 1.165) is 11.5 Å². The lowest BCUT2D eigenvalue weighted by molar-refractivity contribution is 0.211. The molecule has 0 bridgehead atoms. The largest absolute Gasteiger partial charge is 0.490 e. The van der Waals surface area contributed by atoms with Gasteiger partial charge in [0.15, 0.2) is 0 Å². The summed E-state index contributed by atoms with van der Waals surface area (Å²) >= 11 is 1.99. The lowest BCUT2D eigenvalue weighted by atomic mass is 10.2. The van der Waals surface area contributed by atoms with Crippen LogP contribution in [0.25, 0.3) is 6.08 Å². The molecule has 1 saturated heterocycles. The average molecular weight is 249 g/mol. The number of hydrogen-bond acceptors (Lipinski definition) is 3. The van der Waals surface area contributed by atoms with Gasteiger partial charge in [-0.2, -0.15) is 11.8 Å². The highest BCUT2D eigenvalue weighted by Gasteiger charge is 2.14. The van der Waals surface area contributed by atoms with Gasteiger partial charge in [-0.15, -0.1) is 0 Å². The number of thioether (sulfide) groups is 1. The normalized spacial score (nSPS) is 20.6. The van der Waals surface area contributed by atoms with Crippen LogP contribution >= 0.6 is 11.8 Å². The predicted octanol–water partition coefficient (Wildman–Crippen LogP) is 2.93. The molecular formula is C14H19NOS. The Kier molecular flexibility index (Phi) is 4.95. The molecule has 0 saturated carbocycles. The van der Waals surface area contributed by atoms with Crippen molar-refractivity contribution in [2.45, 2.75) is 18.9 Å². The van der Waals surface area contributed by atoms with E-state index in [-0.39, 0.29) is 0 Å². The molecule has 2 nitrogen and oxygen atoms in total. The molecule has 1 aliphatic rings. The Balaban J connectivity index is 1.90. The van der Waals surface area contributed by atoms with Crippen molar-refractivity contribution in [3.8, 4) is 5.75 Å². The molecule has 1 fully saturated rings. The molecule has 1 aliphatic heterocycles. The Labute approximate surface area is 107 Å². The second-order valence-corrected chi connectivity index (χ2v) is 5.31. The molecule has 0 aromatic heterocycles. The van der Waals surface area contributed by atoms with Gasteiger partial charge in [-0.05, 0) is 36.3 Å². The van der Waals surface area contributed by atoms with E-state index < -0.39 is 0 Å². The van der Waals surface area contributed by atoms with E-state index in [2.05, 4.69) is 12.1 Å². The second-order valence-electron chi connectivity index (χ2n) is 4.16. The first kappa shape index (κ1) is 12.5. The summed E-state index contributed by atoms with van der Waals surface area (Å²) in [7, 11) is 0. The molecular weight excluding hydrogens is 230 g/mol. The maximum absolute atomic E-state index is 5.95. The van der Waals surface area contributed by atoms with Crippen molar-refractivity contribution >= 4 is 17.8 Å². The van der Waals surface area contributed by atoms with E-state index in [0.29, 0.717) is 12.6 Å². The Morgan fingerprint density at radius 3 is 2.82 bits per heavy atom. The summed E-state index contributed by atoms with van der Waals surface area (Å²) in [6, 6.07) is 8.21.